The molecule has 7 nitrogen and oxygen atoms in total. The summed E-state index contributed by atoms with van der Waals surface area (Å²) in [5.41, 5.74) is 0.934. The summed E-state index contributed by atoms with van der Waals surface area (Å²) in [4.78, 5) is 20.3. The Morgan fingerprint density at radius 3 is 3.00 bits per heavy atom. The van der Waals surface area contributed by atoms with E-state index in [4.69, 9.17) is 4.52 Å². The lowest BCUT2D eigenvalue weighted by Crippen LogP contribution is -2.35. The minimum Gasteiger partial charge on any atom is -0.339 e. The molecule has 0 aliphatic heterocycles. The first-order chi connectivity index (χ1) is 10.7. The zero-order chi connectivity index (χ0) is 15.4. The van der Waals surface area contributed by atoms with Crippen LogP contribution in [0.2, 0.25) is 0 Å². The fourth-order valence-corrected chi connectivity index (χ4v) is 3.03. The van der Waals surface area contributed by atoms with Gasteiger partial charge in [-0.05, 0) is 26.2 Å². The number of thiazole rings is 1. The second-order valence-corrected chi connectivity index (χ2v) is 6.29. The summed E-state index contributed by atoms with van der Waals surface area (Å²) in [6.07, 6.45) is 3.93. The molecule has 0 bridgehead atoms. The number of carbonyl (C=O) groups excluding carboxylic acids is 1. The van der Waals surface area contributed by atoms with E-state index in [2.05, 4.69) is 25.8 Å². The fraction of sp³-hybridized carbons (Fsp3) is 0.571. The Labute approximate surface area is 132 Å². The number of amides is 2. The molecule has 1 aliphatic rings. The summed E-state index contributed by atoms with van der Waals surface area (Å²) >= 11 is 1.69. The molecule has 118 valence electrons. The van der Waals surface area contributed by atoms with Gasteiger partial charge in [0.15, 0.2) is 5.82 Å². The van der Waals surface area contributed by atoms with Crippen molar-refractivity contribution in [2.45, 2.75) is 45.1 Å². The third-order valence-electron chi connectivity index (χ3n) is 3.35. The van der Waals surface area contributed by atoms with Crippen LogP contribution in [0.5, 0.6) is 0 Å². The Balaban J connectivity index is 1.30. The summed E-state index contributed by atoms with van der Waals surface area (Å²) in [5.74, 6) is 1.91. The summed E-state index contributed by atoms with van der Waals surface area (Å²) in [5, 5.41) is 12.6. The van der Waals surface area contributed by atoms with E-state index in [0.29, 0.717) is 37.1 Å². The van der Waals surface area contributed by atoms with Crippen molar-refractivity contribution in [2.75, 3.05) is 6.54 Å². The van der Waals surface area contributed by atoms with Crippen molar-refractivity contribution in [3.05, 3.63) is 27.8 Å². The van der Waals surface area contributed by atoms with E-state index in [-0.39, 0.29) is 6.03 Å². The third-order valence-corrected chi connectivity index (χ3v) is 4.40. The van der Waals surface area contributed by atoms with Gasteiger partial charge < -0.3 is 15.2 Å². The highest BCUT2D eigenvalue weighted by Crippen LogP contribution is 2.41. The van der Waals surface area contributed by atoms with Gasteiger partial charge in [0.05, 0.1) is 17.2 Å². The predicted octanol–water partition coefficient (Wildman–Crippen LogP) is 2.14. The van der Waals surface area contributed by atoms with E-state index in [9.17, 15) is 4.79 Å². The largest absolute Gasteiger partial charge is 0.339 e. The quantitative estimate of drug-likeness (QED) is 0.762. The highest BCUT2D eigenvalue weighted by Gasteiger charge is 2.26. The van der Waals surface area contributed by atoms with Gasteiger partial charge in [0.2, 0.25) is 5.89 Å². The number of nitrogens with zero attached hydrogens (tertiary/aromatic N) is 3. The van der Waals surface area contributed by atoms with Gasteiger partial charge in [-0.2, -0.15) is 4.98 Å². The van der Waals surface area contributed by atoms with Crippen LogP contribution in [-0.4, -0.2) is 27.7 Å². The maximum Gasteiger partial charge on any atom is 0.315 e. The molecule has 2 aromatic heterocycles. The smallest absolute Gasteiger partial charge is 0.315 e. The van der Waals surface area contributed by atoms with Crippen molar-refractivity contribution >= 4 is 17.4 Å². The number of nitrogens with one attached hydrogen (secondary N) is 2. The van der Waals surface area contributed by atoms with Gasteiger partial charge in [0.1, 0.15) is 0 Å². The van der Waals surface area contributed by atoms with Crippen molar-refractivity contribution < 1.29 is 9.32 Å². The zero-order valence-corrected chi connectivity index (χ0v) is 13.3. The molecule has 3 rings (SSSR count). The number of carbonyl (C=O) groups is 1. The number of aromatic nitrogens is 3. The second-order valence-electron chi connectivity index (χ2n) is 5.40. The first-order valence-corrected chi connectivity index (χ1v) is 8.34. The minimum absolute atomic E-state index is 0.178. The number of aryl methyl sites for hydroxylation is 2. The summed E-state index contributed by atoms with van der Waals surface area (Å²) in [7, 11) is 0. The average molecular weight is 321 g/mol. The molecular weight excluding hydrogens is 302 g/mol. The fourth-order valence-electron chi connectivity index (χ4n) is 2.04. The third kappa shape index (κ3) is 4.27. The lowest BCUT2D eigenvalue weighted by atomic mass is 10.3. The van der Waals surface area contributed by atoms with Crippen molar-refractivity contribution in [3.63, 3.8) is 0 Å². The van der Waals surface area contributed by atoms with Crippen molar-refractivity contribution in [1.29, 1.82) is 0 Å². The SMILES string of the molecule is Cc1noc(CCCNC(=O)NCc2csc(C3CC3)n2)n1. The average Bonchev–Trinajstić information content (AvgIpc) is 3.10. The minimum atomic E-state index is -0.178. The van der Waals surface area contributed by atoms with Crippen LogP contribution in [0.25, 0.3) is 0 Å². The molecule has 2 heterocycles. The first kappa shape index (κ1) is 15.0. The number of urea groups is 1. The van der Waals surface area contributed by atoms with Crippen molar-refractivity contribution in [3.8, 4) is 0 Å². The van der Waals surface area contributed by atoms with Crippen LogP contribution in [0.3, 0.4) is 0 Å². The highest BCUT2D eigenvalue weighted by atomic mass is 32.1. The molecule has 0 saturated heterocycles. The maximum absolute atomic E-state index is 11.7. The maximum atomic E-state index is 11.7. The van der Waals surface area contributed by atoms with Crippen molar-refractivity contribution in [1.82, 2.24) is 25.8 Å². The molecule has 8 heteroatoms. The van der Waals surface area contributed by atoms with Gasteiger partial charge in [-0.25, -0.2) is 9.78 Å². The Bertz CT molecular complexity index is 635. The predicted molar refractivity (Wildman–Crippen MR) is 81.7 cm³/mol. The van der Waals surface area contributed by atoms with Gasteiger partial charge in [-0.15, -0.1) is 11.3 Å². The van der Waals surface area contributed by atoms with Crippen molar-refractivity contribution in [2.24, 2.45) is 0 Å². The van der Waals surface area contributed by atoms with Crippen LogP contribution >= 0.6 is 11.3 Å². The van der Waals surface area contributed by atoms with E-state index in [1.54, 1.807) is 18.3 Å². The summed E-state index contributed by atoms with van der Waals surface area (Å²) in [6.45, 7) is 2.82. The number of rotatable bonds is 7. The molecule has 22 heavy (non-hydrogen) atoms. The van der Waals surface area contributed by atoms with E-state index < -0.39 is 0 Å². The molecule has 0 atom stereocenters. The van der Waals surface area contributed by atoms with E-state index >= 15 is 0 Å². The van der Waals surface area contributed by atoms with Gasteiger partial charge >= 0.3 is 6.03 Å². The van der Waals surface area contributed by atoms with Crippen LogP contribution in [-0.2, 0) is 13.0 Å². The number of hydrogen-bond acceptors (Lipinski definition) is 6. The topological polar surface area (TPSA) is 92.9 Å². The van der Waals surface area contributed by atoms with E-state index in [0.717, 1.165) is 12.1 Å². The van der Waals surface area contributed by atoms with Crippen LogP contribution in [0.4, 0.5) is 4.79 Å². The molecule has 2 amide bonds. The first-order valence-electron chi connectivity index (χ1n) is 7.46. The molecule has 2 aromatic rings. The lowest BCUT2D eigenvalue weighted by molar-refractivity contribution is 0.240. The summed E-state index contributed by atoms with van der Waals surface area (Å²) < 4.78 is 5.01. The molecule has 1 aliphatic carbocycles. The normalized spacial score (nSPS) is 14.0. The standard InChI is InChI=1S/C14H19N5O2S/c1-9-17-12(21-19-9)3-2-6-15-14(20)16-7-11-8-22-13(18-11)10-4-5-10/h8,10H,2-7H2,1H3,(H2,15,16,20). The molecule has 0 spiro atoms. The Kier molecular flexibility index (Phi) is 4.67. The molecule has 0 unspecified atom stereocenters. The van der Waals surface area contributed by atoms with Gasteiger partial charge in [-0.3, -0.25) is 0 Å². The number of hydrogen-bond donors (Lipinski definition) is 2. The Hall–Kier alpha value is -1.96. The van der Waals surface area contributed by atoms with E-state index in [1.165, 1.54) is 17.8 Å². The monoisotopic (exact) mass is 321 g/mol. The Morgan fingerprint density at radius 1 is 1.41 bits per heavy atom. The van der Waals surface area contributed by atoms with Crippen LogP contribution in [0.1, 0.15) is 47.6 Å². The zero-order valence-electron chi connectivity index (χ0n) is 12.5. The van der Waals surface area contributed by atoms with Gasteiger partial charge in [0.25, 0.3) is 0 Å². The van der Waals surface area contributed by atoms with Crippen LogP contribution in [0, 0.1) is 6.92 Å². The lowest BCUT2D eigenvalue weighted by Gasteiger charge is -2.05. The molecule has 1 fully saturated rings. The van der Waals surface area contributed by atoms with E-state index in [1.807, 2.05) is 5.38 Å². The van der Waals surface area contributed by atoms with Gasteiger partial charge in [-0.1, -0.05) is 5.16 Å². The summed E-state index contributed by atoms with van der Waals surface area (Å²) in [6, 6.07) is -0.178. The van der Waals surface area contributed by atoms with Gasteiger partial charge in [0, 0.05) is 24.3 Å². The van der Waals surface area contributed by atoms with Crippen LogP contribution in [0.15, 0.2) is 9.90 Å². The highest BCUT2D eigenvalue weighted by molar-refractivity contribution is 7.09. The Morgan fingerprint density at radius 2 is 2.27 bits per heavy atom. The second kappa shape index (κ2) is 6.87. The van der Waals surface area contributed by atoms with Crippen LogP contribution < -0.4 is 10.6 Å². The molecular formula is C14H19N5O2S. The molecule has 2 N–H and O–H groups in total. The molecule has 0 radical (unpaired) electrons. The molecule has 1 saturated carbocycles. The molecule has 0 aromatic carbocycles.